The summed E-state index contributed by atoms with van der Waals surface area (Å²) in [7, 11) is 0. The van der Waals surface area contributed by atoms with Crippen molar-refractivity contribution in [1.29, 1.82) is 5.26 Å². The predicted molar refractivity (Wildman–Crippen MR) is 43.8 cm³/mol. The molecule has 62 valence electrons. The highest BCUT2D eigenvalue weighted by atomic mass is 16.3. The summed E-state index contributed by atoms with van der Waals surface area (Å²) in [5.74, 6) is 0.0457. The van der Waals surface area contributed by atoms with Gasteiger partial charge >= 0.3 is 0 Å². The Hall–Kier alpha value is -1.43. The molecular formula is C9H10N2O. The second kappa shape index (κ2) is 2.56. The van der Waals surface area contributed by atoms with Gasteiger partial charge in [-0.1, -0.05) is 0 Å². The van der Waals surface area contributed by atoms with Crippen molar-refractivity contribution < 1.29 is 5.11 Å². The number of nitrogens with one attached hydrogen (secondary N) is 1. The Morgan fingerprint density at radius 2 is 2.08 bits per heavy atom. The Bertz CT molecular complexity index is 346. The highest BCUT2D eigenvalue weighted by Crippen LogP contribution is 2.29. The summed E-state index contributed by atoms with van der Waals surface area (Å²) in [4.78, 5) is 2.85. The van der Waals surface area contributed by atoms with Crippen LogP contribution in [0.15, 0.2) is 0 Å². The van der Waals surface area contributed by atoms with Gasteiger partial charge in [-0.3, -0.25) is 0 Å². The van der Waals surface area contributed by atoms with Crippen molar-refractivity contribution >= 4 is 0 Å². The van der Waals surface area contributed by atoms with Crippen LogP contribution in [0.1, 0.15) is 29.7 Å². The quantitative estimate of drug-likeness (QED) is 0.606. The van der Waals surface area contributed by atoms with Crippen LogP contribution in [0.25, 0.3) is 0 Å². The second-order valence-electron chi connectivity index (χ2n) is 3.12. The molecule has 0 atom stereocenters. The molecule has 0 aromatic carbocycles. The van der Waals surface area contributed by atoms with Gasteiger partial charge < -0.3 is 10.1 Å². The van der Waals surface area contributed by atoms with Crippen LogP contribution in [-0.2, 0) is 12.8 Å². The van der Waals surface area contributed by atoms with E-state index >= 15 is 0 Å². The lowest BCUT2D eigenvalue weighted by Crippen LogP contribution is -2.01. The van der Waals surface area contributed by atoms with Crippen LogP contribution in [-0.4, -0.2) is 10.1 Å². The van der Waals surface area contributed by atoms with Crippen molar-refractivity contribution in [3.8, 4) is 11.9 Å². The van der Waals surface area contributed by atoms with E-state index in [2.05, 4.69) is 4.98 Å². The van der Waals surface area contributed by atoms with Crippen LogP contribution in [0.3, 0.4) is 0 Å². The van der Waals surface area contributed by atoms with Gasteiger partial charge in [0.05, 0.1) is 0 Å². The van der Waals surface area contributed by atoms with Crippen molar-refractivity contribution in [2.45, 2.75) is 25.7 Å². The summed E-state index contributed by atoms with van der Waals surface area (Å²) >= 11 is 0. The number of hydrogen-bond donors (Lipinski definition) is 2. The van der Waals surface area contributed by atoms with E-state index in [9.17, 15) is 5.11 Å². The molecule has 2 rings (SSSR count). The van der Waals surface area contributed by atoms with Gasteiger partial charge in [0.25, 0.3) is 0 Å². The molecule has 1 aliphatic carbocycles. The minimum absolute atomic E-state index is 0.0457. The molecule has 1 aromatic heterocycles. The second-order valence-corrected chi connectivity index (χ2v) is 3.12. The number of nitriles is 1. The average molecular weight is 162 g/mol. The van der Waals surface area contributed by atoms with E-state index in [0.717, 1.165) is 36.9 Å². The first-order valence-electron chi connectivity index (χ1n) is 4.15. The number of aromatic nitrogens is 1. The summed E-state index contributed by atoms with van der Waals surface area (Å²) in [5, 5.41) is 18.1. The maximum atomic E-state index is 9.32. The number of nitrogens with zero attached hydrogens (tertiary/aromatic N) is 1. The third-order valence-corrected chi connectivity index (χ3v) is 2.39. The zero-order valence-corrected chi connectivity index (χ0v) is 6.72. The van der Waals surface area contributed by atoms with Gasteiger partial charge in [0.1, 0.15) is 11.6 Å². The molecule has 2 N–H and O–H groups in total. The number of hydrogen-bond acceptors (Lipinski definition) is 2. The highest BCUT2D eigenvalue weighted by molar-refractivity contribution is 5.49. The average Bonchev–Trinajstić information content (AvgIpc) is 2.40. The van der Waals surface area contributed by atoms with Crippen LogP contribution >= 0.6 is 0 Å². The predicted octanol–water partition coefficient (Wildman–Crippen LogP) is 1.47. The molecule has 0 unspecified atom stereocenters. The molecule has 0 saturated heterocycles. The molecular weight excluding hydrogens is 152 g/mol. The first kappa shape index (κ1) is 7.23. The van der Waals surface area contributed by atoms with Crippen molar-refractivity contribution in [1.82, 2.24) is 4.98 Å². The summed E-state index contributed by atoms with van der Waals surface area (Å²) in [6.45, 7) is 0. The Morgan fingerprint density at radius 1 is 1.33 bits per heavy atom. The Kier molecular flexibility index (Phi) is 1.54. The summed E-state index contributed by atoms with van der Waals surface area (Å²) in [6.07, 6.45) is 4.16. The Balaban J connectivity index is 2.56. The minimum Gasteiger partial charge on any atom is -0.494 e. The molecule has 0 fully saturated rings. The number of rotatable bonds is 0. The SMILES string of the molecule is N#Cc1c(O)[nH]c2c1CCCC2. The van der Waals surface area contributed by atoms with E-state index in [1.807, 2.05) is 6.07 Å². The lowest BCUT2D eigenvalue weighted by molar-refractivity contribution is 0.454. The minimum atomic E-state index is 0.0457. The zero-order chi connectivity index (χ0) is 8.55. The van der Waals surface area contributed by atoms with E-state index in [4.69, 9.17) is 5.26 Å². The smallest absolute Gasteiger partial charge is 0.207 e. The third kappa shape index (κ3) is 0.884. The van der Waals surface area contributed by atoms with Gasteiger partial charge in [-0.2, -0.15) is 5.26 Å². The fraction of sp³-hybridized carbons (Fsp3) is 0.444. The molecule has 0 radical (unpaired) electrons. The van der Waals surface area contributed by atoms with Gasteiger partial charge in [0.2, 0.25) is 5.88 Å². The first-order valence-corrected chi connectivity index (χ1v) is 4.15. The van der Waals surface area contributed by atoms with Crippen molar-refractivity contribution in [2.75, 3.05) is 0 Å². The standard InChI is InChI=1S/C9H10N2O/c10-5-7-6-3-1-2-4-8(6)11-9(7)12/h11-12H,1-4H2. The van der Waals surface area contributed by atoms with Crippen LogP contribution in [0, 0.1) is 11.3 Å². The molecule has 1 aliphatic rings. The number of aromatic hydroxyl groups is 1. The van der Waals surface area contributed by atoms with E-state index < -0.39 is 0 Å². The fourth-order valence-corrected chi connectivity index (χ4v) is 1.79. The fourth-order valence-electron chi connectivity index (χ4n) is 1.79. The topological polar surface area (TPSA) is 59.8 Å². The van der Waals surface area contributed by atoms with Gasteiger partial charge in [-0.05, 0) is 31.2 Å². The molecule has 0 spiro atoms. The number of aryl methyl sites for hydroxylation is 1. The van der Waals surface area contributed by atoms with Crippen molar-refractivity contribution in [2.24, 2.45) is 0 Å². The van der Waals surface area contributed by atoms with E-state index in [0.29, 0.717) is 5.56 Å². The number of aromatic amines is 1. The molecule has 3 heteroatoms. The summed E-state index contributed by atoms with van der Waals surface area (Å²) < 4.78 is 0. The third-order valence-electron chi connectivity index (χ3n) is 2.39. The first-order chi connectivity index (χ1) is 5.83. The normalized spacial score (nSPS) is 15.2. The van der Waals surface area contributed by atoms with Gasteiger partial charge in [0.15, 0.2) is 0 Å². The van der Waals surface area contributed by atoms with Gasteiger partial charge in [-0.15, -0.1) is 0 Å². The lowest BCUT2D eigenvalue weighted by atomic mass is 9.95. The van der Waals surface area contributed by atoms with Crippen molar-refractivity contribution in [3.63, 3.8) is 0 Å². The van der Waals surface area contributed by atoms with E-state index in [1.54, 1.807) is 0 Å². The van der Waals surface area contributed by atoms with Gasteiger partial charge in [0, 0.05) is 5.69 Å². The molecule has 3 nitrogen and oxygen atoms in total. The van der Waals surface area contributed by atoms with Gasteiger partial charge in [-0.25, -0.2) is 0 Å². The molecule has 1 heterocycles. The van der Waals surface area contributed by atoms with Crippen LogP contribution < -0.4 is 0 Å². The maximum absolute atomic E-state index is 9.32. The van der Waals surface area contributed by atoms with E-state index in [1.165, 1.54) is 0 Å². The monoisotopic (exact) mass is 162 g/mol. The Labute approximate surface area is 70.6 Å². The molecule has 1 aromatic rings. The number of H-pyrrole nitrogens is 1. The summed E-state index contributed by atoms with van der Waals surface area (Å²) in [5.41, 5.74) is 2.53. The number of fused-ring (bicyclic) bond motifs is 1. The molecule has 0 aliphatic heterocycles. The van der Waals surface area contributed by atoms with Crippen LogP contribution in [0.2, 0.25) is 0 Å². The Morgan fingerprint density at radius 3 is 2.83 bits per heavy atom. The van der Waals surface area contributed by atoms with Crippen LogP contribution in [0.5, 0.6) is 5.88 Å². The van der Waals surface area contributed by atoms with Crippen molar-refractivity contribution in [3.05, 3.63) is 16.8 Å². The lowest BCUT2D eigenvalue weighted by Gasteiger charge is -2.09. The summed E-state index contributed by atoms with van der Waals surface area (Å²) in [6, 6.07) is 2.02. The molecule has 0 bridgehead atoms. The molecule has 12 heavy (non-hydrogen) atoms. The van der Waals surface area contributed by atoms with Crippen LogP contribution in [0.4, 0.5) is 0 Å². The highest BCUT2D eigenvalue weighted by Gasteiger charge is 2.18. The van der Waals surface area contributed by atoms with E-state index in [-0.39, 0.29) is 5.88 Å². The molecule has 0 amide bonds. The zero-order valence-electron chi connectivity index (χ0n) is 6.72. The largest absolute Gasteiger partial charge is 0.494 e. The maximum Gasteiger partial charge on any atom is 0.207 e. The molecule has 0 saturated carbocycles.